The lowest BCUT2D eigenvalue weighted by Gasteiger charge is -2.28. The highest BCUT2D eigenvalue weighted by Gasteiger charge is 2.35. The number of aromatic nitrogens is 1. The van der Waals surface area contributed by atoms with Crippen LogP contribution >= 0.6 is 0 Å². The Labute approximate surface area is 222 Å². The summed E-state index contributed by atoms with van der Waals surface area (Å²) in [6, 6.07) is 21.9. The fourth-order valence-corrected chi connectivity index (χ4v) is 4.71. The fraction of sp³-hybridized carbons (Fsp3) is 0.290. The van der Waals surface area contributed by atoms with E-state index in [0.717, 1.165) is 41.3 Å². The molecule has 7 heteroatoms. The molecule has 1 aliphatic carbocycles. The van der Waals surface area contributed by atoms with Crippen molar-refractivity contribution in [3.05, 3.63) is 102 Å². The monoisotopic (exact) mass is 512 g/mol. The maximum Gasteiger partial charge on any atom is 0.322 e. The van der Waals surface area contributed by atoms with Gasteiger partial charge in [0.15, 0.2) is 0 Å². The number of amides is 3. The van der Waals surface area contributed by atoms with Gasteiger partial charge < -0.3 is 20.1 Å². The van der Waals surface area contributed by atoms with E-state index in [0.29, 0.717) is 25.2 Å². The van der Waals surface area contributed by atoms with E-state index < -0.39 is 0 Å². The topological polar surface area (TPSA) is 68.4 Å². The van der Waals surface area contributed by atoms with Crippen molar-refractivity contribution < 1.29 is 14.0 Å². The average Bonchev–Trinajstić information content (AvgIpc) is 3.70. The van der Waals surface area contributed by atoms with Gasteiger partial charge in [0.25, 0.3) is 0 Å². The van der Waals surface area contributed by atoms with Crippen LogP contribution in [-0.2, 0) is 24.2 Å². The van der Waals surface area contributed by atoms with Crippen LogP contribution in [0.25, 0.3) is 10.9 Å². The van der Waals surface area contributed by atoms with Gasteiger partial charge in [-0.2, -0.15) is 0 Å². The molecule has 1 aliphatic rings. The van der Waals surface area contributed by atoms with E-state index in [2.05, 4.69) is 23.3 Å². The zero-order valence-electron chi connectivity index (χ0n) is 21.6. The standard InChI is InChI=1S/C31H33FN4O2/c1-2-22-9-13-26(14-10-22)34-31(38)36(27-15-16-27)21-30(37)35(20-23-7-11-25(32)12-8-23)18-17-24-19-33-29-6-4-3-5-28(24)29/h3-14,19,27,33H,2,15-18,20-21H2,1H3,(H,34,38). The first kappa shape index (κ1) is 25.5. The van der Waals surface area contributed by atoms with Crippen LogP contribution in [0.15, 0.2) is 79.0 Å². The first-order valence-corrected chi connectivity index (χ1v) is 13.2. The van der Waals surface area contributed by atoms with Crippen LogP contribution < -0.4 is 5.32 Å². The molecule has 0 bridgehead atoms. The number of rotatable bonds is 10. The highest BCUT2D eigenvalue weighted by Crippen LogP contribution is 2.28. The normalized spacial score (nSPS) is 12.9. The lowest BCUT2D eigenvalue weighted by atomic mass is 10.1. The number of carbonyl (C=O) groups is 2. The van der Waals surface area contributed by atoms with Crippen molar-refractivity contribution in [3.8, 4) is 0 Å². The third-order valence-corrected chi connectivity index (χ3v) is 7.13. The summed E-state index contributed by atoms with van der Waals surface area (Å²) in [7, 11) is 0. The number of hydrogen-bond donors (Lipinski definition) is 2. The molecule has 3 aromatic carbocycles. The number of fused-ring (bicyclic) bond motifs is 1. The molecular formula is C31H33FN4O2. The minimum Gasteiger partial charge on any atom is -0.361 e. The van der Waals surface area contributed by atoms with Crippen molar-refractivity contribution in [2.75, 3.05) is 18.4 Å². The Morgan fingerprint density at radius 2 is 1.68 bits per heavy atom. The molecule has 0 unspecified atom stereocenters. The highest BCUT2D eigenvalue weighted by molar-refractivity contribution is 5.93. The number of aryl methyl sites for hydroxylation is 1. The van der Waals surface area contributed by atoms with Gasteiger partial charge in [0.1, 0.15) is 12.4 Å². The predicted molar refractivity (Wildman–Crippen MR) is 148 cm³/mol. The largest absolute Gasteiger partial charge is 0.361 e. The molecule has 2 N–H and O–H groups in total. The van der Waals surface area contributed by atoms with Crippen molar-refractivity contribution in [2.45, 2.75) is 45.2 Å². The van der Waals surface area contributed by atoms with E-state index in [4.69, 9.17) is 0 Å². The first-order chi connectivity index (χ1) is 18.5. The van der Waals surface area contributed by atoms with Crippen molar-refractivity contribution in [2.24, 2.45) is 0 Å². The van der Waals surface area contributed by atoms with E-state index in [1.54, 1.807) is 21.9 Å². The van der Waals surface area contributed by atoms with Crippen LogP contribution in [0.1, 0.15) is 36.5 Å². The van der Waals surface area contributed by atoms with Crippen molar-refractivity contribution in [1.82, 2.24) is 14.8 Å². The van der Waals surface area contributed by atoms with Gasteiger partial charge in [-0.15, -0.1) is 0 Å². The van der Waals surface area contributed by atoms with Gasteiger partial charge in [0.05, 0.1) is 0 Å². The summed E-state index contributed by atoms with van der Waals surface area (Å²) >= 11 is 0. The number of urea groups is 1. The molecule has 0 atom stereocenters. The summed E-state index contributed by atoms with van der Waals surface area (Å²) in [6.07, 6.45) is 5.36. The van der Waals surface area contributed by atoms with Crippen LogP contribution in [-0.4, -0.2) is 45.9 Å². The van der Waals surface area contributed by atoms with E-state index in [1.807, 2.05) is 48.7 Å². The molecule has 38 heavy (non-hydrogen) atoms. The third kappa shape index (κ3) is 6.22. The fourth-order valence-electron chi connectivity index (χ4n) is 4.71. The summed E-state index contributed by atoms with van der Waals surface area (Å²) in [5, 5.41) is 4.09. The quantitative estimate of drug-likeness (QED) is 0.268. The molecule has 0 spiro atoms. The first-order valence-electron chi connectivity index (χ1n) is 13.2. The van der Waals surface area contributed by atoms with Crippen LogP contribution in [0.5, 0.6) is 0 Å². The molecule has 3 amide bonds. The zero-order chi connectivity index (χ0) is 26.5. The van der Waals surface area contributed by atoms with Crippen molar-refractivity contribution >= 4 is 28.5 Å². The van der Waals surface area contributed by atoms with Gasteiger partial charge >= 0.3 is 6.03 Å². The maximum absolute atomic E-state index is 13.6. The van der Waals surface area contributed by atoms with E-state index >= 15 is 0 Å². The van der Waals surface area contributed by atoms with Crippen LogP contribution in [0.4, 0.5) is 14.9 Å². The van der Waals surface area contributed by atoms with Gasteiger partial charge in [0, 0.05) is 41.9 Å². The number of aromatic amines is 1. The van der Waals surface area contributed by atoms with Gasteiger partial charge in [-0.25, -0.2) is 9.18 Å². The number of carbonyl (C=O) groups excluding carboxylic acids is 2. The van der Waals surface area contributed by atoms with Crippen molar-refractivity contribution in [3.63, 3.8) is 0 Å². The van der Waals surface area contributed by atoms with Gasteiger partial charge in [-0.1, -0.05) is 49.4 Å². The van der Waals surface area contributed by atoms with E-state index in [-0.39, 0.29) is 30.3 Å². The number of halogens is 1. The minimum atomic E-state index is -0.311. The summed E-state index contributed by atoms with van der Waals surface area (Å²) in [4.78, 5) is 33.6. The Balaban J connectivity index is 1.30. The highest BCUT2D eigenvalue weighted by atomic mass is 19.1. The Bertz CT molecular complexity index is 1390. The smallest absolute Gasteiger partial charge is 0.322 e. The average molecular weight is 513 g/mol. The zero-order valence-corrected chi connectivity index (χ0v) is 21.6. The number of para-hydroxylation sites is 1. The second-order valence-electron chi connectivity index (χ2n) is 9.89. The third-order valence-electron chi connectivity index (χ3n) is 7.13. The molecular weight excluding hydrogens is 479 g/mol. The Hall–Kier alpha value is -4.13. The number of nitrogens with one attached hydrogen (secondary N) is 2. The second kappa shape index (κ2) is 11.5. The van der Waals surface area contributed by atoms with Crippen LogP contribution in [0, 0.1) is 5.82 Å². The molecule has 1 aromatic heterocycles. The molecule has 0 radical (unpaired) electrons. The summed E-state index contributed by atoms with van der Waals surface area (Å²) in [6.45, 7) is 2.92. The molecule has 1 saturated carbocycles. The maximum atomic E-state index is 13.6. The molecule has 6 nitrogen and oxygen atoms in total. The predicted octanol–water partition coefficient (Wildman–Crippen LogP) is 6.14. The number of nitrogens with zero attached hydrogens (tertiary/aromatic N) is 2. The summed E-state index contributed by atoms with van der Waals surface area (Å²) in [5.41, 5.74) is 4.95. The molecule has 0 aliphatic heterocycles. The van der Waals surface area contributed by atoms with Crippen molar-refractivity contribution in [1.29, 1.82) is 0 Å². The lowest BCUT2D eigenvalue weighted by Crippen LogP contribution is -2.45. The van der Waals surface area contributed by atoms with E-state index in [1.165, 1.54) is 17.7 Å². The Morgan fingerprint density at radius 3 is 2.39 bits per heavy atom. The van der Waals surface area contributed by atoms with Gasteiger partial charge in [0.2, 0.25) is 5.91 Å². The SMILES string of the molecule is CCc1ccc(NC(=O)N(CC(=O)N(CCc2c[nH]c3ccccc23)Cc2ccc(F)cc2)C2CC2)cc1. The molecule has 1 heterocycles. The molecule has 4 aromatic rings. The molecule has 0 saturated heterocycles. The Morgan fingerprint density at radius 1 is 0.974 bits per heavy atom. The minimum absolute atomic E-state index is 0.00137. The lowest BCUT2D eigenvalue weighted by molar-refractivity contribution is -0.132. The molecule has 196 valence electrons. The van der Waals surface area contributed by atoms with Crippen LogP contribution in [0.2, 0.25) is 0 Å². The number of anilines is 1. The summed E-state index contributed by atoms with van der Waals surface area (Å²) < 4.78 is 13.5. The van der Waals surface area contributed by atoms with Gasteiger partial charge in [-0.05, 0) is 72.7 Å². The summed E-state index contributed by atoms with van der Waals surface area (Å²) in [5.74, 6) is -0.438. The van der Waals surface area contributed by atoms with E-state index in [9.17, 15) is 14.0 Å². The van der Waals surface area contributed by atoms with Crippen LogP contribution in [0.3, 0.4) is 0 Å². The molecule has 1 fully saturated rings. The number of H-pyrrole nitrogens is 1. The van der Waals surface area contributed by atoms with Gasteiger partial charge in [-0.3, -0.25) is 4.79 Å². The number of hydrogen-bond acceptors (Lipinski definition) is 2. The number of benzene rings is 3. The molecule has 5 rings (SSSR count). The second-order valence-corrected chi connectivity index (χ2v) is 9.89. The Kier molecular flexibility index (Phi) is 7.73.